The number of aliphatic hydroxyl groups excluding tert-OH is 1. The number of amides is 2. The van der Waals surface area contributed by atoms with E-state index < -0.39 is 6.10 Å². The number of nitrogens with one attached hydrogen (secondary N) is 2. The van der Waals surface area contributed by atoms with Crippen LogP contribution in [0.4, 0.5) is 10.6 Å². The number of anilines is 1. The average Bonchev–Trinajstić information content (AvgIpc) is 2.99. The largest absolute Gasteiger partial charge is 0.391 e. The normalized spacial score (nSPS) is 21.3. The number of carbonyl (C=O) groups is 1. The van der Waals surface area contributed by atoms with Crippen LogP contribution in [0.1, 0.15) is 25.7 Å². The van der Waals surface area contributed by atoms with Gasteiger partial charge >= 0.3 is 6.03 Å². The number of nitrogens with zero attached hydrogens (tertiary/aromatic N) is 2. The molecule has 3 rings (SSSR count). The second kappa shape index (κ2) is 6.85. The van der Waals surface area contributed by atoms with Crippen molar-refractivity contribution in [3.63, 3.8) is 0 Å². The molecule has 3 N–H and O–H groups in total. The standard InChI is InChI=1S/C15H18N4O2S/c20-12-7-2-1-5-10(12)17-15(21)19-13-9-22-14(18-13)11-6-3-4-8-16-11/h3-4,6,8-10,12,20H,1-2,5,7H2,(H2,17,19,21). The van der Waals surface area contributed by atoms with Gasteiger partial charge in [-0.3, -0.25) is 10.3 Å². The van der Waals surface area contributed by atoms with Crippen LogP contribution in [0.15, 0.2) is 29.8 Å². The molecular formula is C15H18N4O2S. The number of pyridine rings is 1. The highest BCUT2D eigenvalue weighted by molar-refractivity contribution is 7.13. The van der Waals surface area contributed by atoms with Crippen molar-refractivity contribution < 1.29 is 9.90 Å². The molecule has 2 amide bonds. The van der Waals surface area contributed by atoms with E-state index in [9.17, 15) is 9.90 Å². The van der Waals surface area contributed by atoms with Crippen molar-refractivity contribution >= 4 is 23.2 Å². The third-order valence-electron chi connectivity index (χ3n) is 3.68. The second-order valence-electron chi connectivity index (χ2n) is 5.31. The zero-order valence-electron chi connectivity index (χ0n) is 12.0. The molecule has 1 aliphatic rings. The Morgan fingerprint density at radius 2 is 2.18 bits per heavy atom. The number of hydrogen-bond donors (Lipinski definition) is 3. The van der Waals surface area contributed by atoms with Gasteiger partial charge in [-0.15, -0.1) is 11.3 Å². The van der Waals surface area contributed by atoms with E-state index in [2.05, 4.69) is 20.6 Å². The zero-order chi connectivity index (χ0) is 15.4. The Hall–Kier alpha value is -1.99. The number of carbonyl (C=O) groups excluding carboxylic acids is 1. The first kappa shape index (κ1) is 14.9. The molecule has 1 saturated carbocycles. The minimum atomic E-state index is -0.459. The van der Waals surface area contributed by atoms with E-state index in [1.165, 1.54) is 11.3 Å². The summed E-state index contributed by atoms with van der Waals surface area (Å²) in [4.78, 5) is 20.6. The van der Waals surface area contributed by atoms with Gasteiger partial charge in [0.15, 0.2) is 0 Å². The van der Waals surface area contributed by atoms with Gasteiger partial charge in [0.05, 0.1) is 17.8 Å². The van der Waals surface area contributed by atoms with E-state index in [4.69, 9.17) is 0 Å². The summed E-state index contributed by atoms with van der Waals surface area (Å²) in [6.07, 6.45) is 4.85. The molecule has 0 aromatic carbocycles. The maximum absolute atomic E-state index is 12.0. The summed E-state index contributed by atoms with van der Waals surface area (Å²) in [6, 6.07) is 5.11. The highest BCUT2D eigenvalue weighted by atomic mass is 32.1. The van der Waals surface area contributed by atoms with Crippen molar-refractivity contribution in [2.75, 3.05) is 5.32 Å². The van der Waals surface area contributed by atoms with Crippen LogP contribution < -0.4 is 10.6 Å². The van der Waals surface area contributed by atoms with Gasteiger partial charge in [0.1, 0.15) is 10.8 Å². The molecule has 0 radical (unpaired) electrons. The third-order valence-corrected chi connectivity index (χ3v) is 4.54. The molecule has 6 nitrogen and oxygen atoms in total. The zero-order valence-corrected chi connectivity index (χ0v) is 12.8. The first-order valence-electron chi connectivity index (χ1n) is 7.35. The SMILES string of the molecule is O=C(Nc1csc(-c2ccccn2)n1)NC1CCCCC1O. The fraction of sp³-hybridized carbons (Fsp3) is 0.400. The van der Waals surface area contributed by atoms with Crippen LogP contribution in [-0.2, 0) is 0 Å². The van der Waals surface area contributed by atoms with Crippen LogP contribution in [-0.4, -0.2) is 33.3 Å². The van der Waals surface area contributed by atoms with Crippen LogP contribution in [0.2, 0.25) is 0 Å². The van der Waals surface area contributed by atoms with Crippen molar-refractivity contribution in [3.05, 3.63) is 29.8 Å². The number of aromatic nitrogens is 2. The topological polar surface area (TPSA) is 87.1 Å². The molecular weight excluding hydrogens is 300 g/mol. The van der Waals surface area contributed by atoms with Gasteiger partial charge in [-0.1, -0.05) is 18.9 Å². The van der Waals surface area contributed by atoms with Crippen LogP contribution in [0.3, 0.4) is 0 Å². The molecule has 2 atom stereocenters. The lowest BCUT2D eigenvalue weighted by molar-refractivity contribution is 0.0955. The Labute approximate surface area is 132 Å². The Bertz CT molecular complexity index is 631. The molecule has 2 aromatic heterocycles. The minimum Gasteiger partial charge on any atom is -0.391 e. The second-order valence-corrected chi connectivity index (χ2v) is 6.17. The number of urea groups is 1. The van der Waals surface area contributed by atoms with Gasteiger partial charge < -0.3 is 10.4 Å². The minimum absolute atomic E-state index is 0.178. The number of aliphatic hydroxyl groups is 1. The molecule has 1 aliphatic carbocycles. The Morgan fingerprint density at radius 1 is 1.32 bits per heavy atom. The maximum Gasteiger partial charge on any atom is 0.320 e. The fourth-order valence-electron chi connectivity index (χ4n) is 2.54. The smallest absolute Gasteiger partial charge is 0.320 e. The van der Waals surface area contributed by atoms with Crippen LogP contribution in [0, 0.1) is 0 Å². The van der Waals surface area contributed by atoms with Crippen LogP contribution in [0.5, 0.6) is 0 Å². The molecule has 0 bridgehead atoms. The van der Waals surface area contributed by atoms with E-state index in [1.54, 1.807) is 11.6 Å². The maximum atomic E-state index is 12.0. The highest BCUT2D eigenvalue weighted by Gasteiger charge is 2.24. The van der Waals surface area contributed by atoms with Gasteiger partial charge in [-0.2, -0.15) is 0 Å². The van der Waals surface area contributed by atoms with Crippen molar-refractivity contribution in [2.45, 2.75) is 37.8 Å². The first-order chi connectivity index (χ1) is 10.7. The van der Waals surface area contributed by atoms with Crippen LogP contribution >= 0.6 is 11.3 Å². The number of thiazole rings is 1. The number of hydrogen-bond acceptors (Lipinski definition) is 5. The average molecular weight is 318 g/mol. The van der Waals surface area contributed by atoms with Gasteiger partial charge in [-0.05, 0) is 25.0 Å². The van der Waals surface area contributed by atoms with Crippen molar-refractivity contribution in [3.8, 4) is 10.7 Å². The summed E-state index contributed by atoms with van der Waals surface area (Å²) >= 11 is 1.43. The molecule has 0 spiro atoms. The van der Waals surface area contributed by atoms with Gasteiger partial charge in [0.25, 0.3) is 0 Å². The molecule has 116 valence electrons. The molecule has 1 fully saturated rings. The highest BCUT2D eigenvalue weighted by Crippen LogP contribution is 2.24. The Morgan fingerprint density at radius 3 is 2.95 bits per heavy atom. The Kier molecular flexibility index (Phi) is 4.65. The van der Waals surface area contributed by atoms with Crippen LogP contribution in [0.25, 0.3) is 10.7 Å². The molecule has 2 unspecified atom stereocenters. The molecule has 0 saturated heterocycles. The van der Waals surface area contributed by atoms with Gasteiger partial charge in [0, 0.05) is 11.6 Å². The lowest BCUT2D eigenvalue weighted by atomic mass is 9.93. The van der Waals surface area contributed by atoms with Gasteiger partial charge in [-0.25, -0.2) is 9.78 Å². The summed E-state index contributed by atoms with van der Waals surface area (Å²) in [5.41, 5.74) is 0.781. The lowest BCUT2D eigenvalue weighted by Crippen LogP contribution is -2.46. The van der Waals surface area contributed by atoms with E-state index >= 15 is 0 Å². The summed E-state index contributed by atoms with van der Waals surface area (Å²) in [7, 11) is 0. The fourth-order valence-corrected chi connectivity index (χ4v) is 3.27. The summed E-state index contributed by atoms with van der Waals surface area (Å²) in [5.74, 6) is 0.494. The lowest BCUT2D eigenvalue weighted by Gasteiger charge is -2.28. The third kappa shape index (κ3) is 3.61. The van der Waals surface area contributed by atoms with E-state index in [0.29, 0.717) is 5.82 Å². The van der Waals surface area contributed by atoms with E-state index in [1.807, 2.05) is 18.2 Å². The predicted octanol–water partition coefficient (Wildman–Crippen LogP) is 2.63. The quantitative estimate of drug-likeness (QED) is 0.812. The Balaban J connectivity index is 1.59. The molecule has 7 heteroatoms. The molecule has 22 heavy (non-hydrogen) atoms. The van der Waals surface area contributed by atoms with Gasteiger partial charge in [0.2, 0.25) is 0 Å². The number of rotatable bonds is 3. The van der Waals surface area contributed by atoms with Crippen molar-refractivity contribution in [2.24, 2.45) is 0 Å². The van der Waals surface area contributed by atoms with Crippen molar-refractivity contribution in [1.29, 1.82) is 0 Å². The van der Waals surface area contributed by atoms with E-state index in [-0.39, 0.29) is 12.1 Å². The monoisotopic (exact) mass is 318 g/mol. The molecule has 0 aliphatic heterocycles. The predicted molar refractivity (Wildman–Crippen MR) is 85.8 cm³/mol. The summed E-state index contributed by atoms with van der Waals surface area (Å²) < 4.78 is 0. The van der Waals surface area contributed by atoms with E-state index in [0.717, 1.165) is 36.4 Å². The summed E-state index contributed by atoms with van der Waals surface area (Å²) in [5, 5.41) is 17.9. The first-order valence-corrected chi connectivity index (χ1v) is 8.23. The molecule has 2 heterocycles. The molecule has 2 aromatic rings. The summed E-state index contributed by atoms with van der Waals surface area (Å²) in [6.45, 7) is 0. The van der Waals surface area contributed by atoms with Crippen molar-refractivity contribution in [1.82, 2.24) is 15.3 Å².